The molecule has 5 heteroatoms. The summed E-state index contributed by atoms with van der Waals surface area (Å²) in [6.07, 6.45) is 5.09. The van der Waals surface area contributed by atoms with Gasteiger partial charge < -0.3 is 0 Å². The Kier molecular flexibility index (Phi) is 7.26. The second kappa shape index (κ2) is 7.20. The highest BCUT2D eigenvalue weighted by Gasteiger charge is 1.85. The van der Waals surface area contributed by atoms with Crippen LogP contribution in [0.4, 0.5) is 0 Å². The lowest BCUT2D eigenvalue weighted by Crippen LogP contribution is -1.84. The van der Waals surface area contributed by atoms with E-state index in [0.717, 1.165) is 0 Å². The Bertz CT molecular complexity index is 158. The Balaban J connectivity index is 0.000000371. The van der Waals surface area contributed by atoms with Crippen molar-refractivity contribution in [1.29, 1.82) is 0 Å². The van der Waals surface area contributed by atoms with Crippen molar-refractivity contribution in [1.82, 2.24) is 15.2 Å². The Hall–Kier alpha value is 0.0900. The van der Waals surface area contributed by atoms with Gasteiger partial charge in [-0.15, -0.1) is 5.10 Å². The first-order chi connectivity index (χ1) is 4.93. The number of halogens is 1. The summed E-state index contributed by atoms with van der Waals surface area (Å²) in [4.78, 5) is 5.86. The second-order valence-electron chi connectivity index (χ2n) is 1.13. The lowest BCUT2D eigenvalue weighted by atomic mass is 10.9. The summed E-state index contributed by atoms with van der Waals surface area (Å²) in [6, 6.07) is 0. The maximum absolute atomic E-state index is 3.89. The fourth-order valence-corrected chi connectivity index (χ4v) is 0.624. The van der Waals surface area contributed by atoms with Crippen LogP contribution in [0.1, 0.15) is 0 Å². The lowest BCUT2D eigenvalue weighted by Gasteiger charge is -1.85. The van der Waals surface area contributed by atoms with E-state index >= 15 is 0 Å². The zero-order valence-electron chi connectivity index (χ0n) is 5.78. The van der Waals surface area contributed by atoms with E-state index in [9.17, 15) is 0 Å². The minimum atomic E-state index is 0.715. The normalized spacial score (nSPS) is 7.90. The van der Waals surface area contributed by atoms with Crippen molar-refractivity contribution in [2.45, 2.75) is 5.16 Å². The van der Waals surface area contributed by atoms with Gasteiger partial charge in [0.2, 0.25) is 5.16 Å². The van der Waals surface area contributed by atoms with Gasteiger partial charge in [0.05, 0.1) is 12.4 Å². The third kappa shape index (κ3) is 3.99. The molecule has 0 aromatic carbocycles. The molecule has 0 amide bonds. The molecule has 0 aliphatic carbocycles. The van der Waals surface area contributed by atoms with E-state index < -0.39 is 0 Å². The molecule has 56 valence electrons. The molecule has 0 atom stereocenters. The molecule has 0 spiro atoms. The number of thioether (sulfide) groups is 1. The molecule has 0 fully saturated rings. The molecule has 0 aliphatic rings. The summed E-state index contributed by atoms with van der Waals surface area (Å²) in [5.41, 5.74) is 0. The van der Waals surface area contributed by atoms with Gasteiger partial charge in [-0.2, -0.15) is 5.10 Å². The van der Waals surface area contributed by atoms with Crippen molar-refractivity contribution in [3.8, 4) is 0 Å². The van der Waals surface area contributed by atoms with Gasteiger partial charge in [0.15, 0.2) is 0 Å². The number of nitrogens with zero attached hydrogens (tertiary/aromatic N) is 3. The van der Waals surface area contributed by atoms with Gasteiger partial charge in [-0.25, -0.2) is 4.98 Å². The minimum absolute atomic E-state index is 0.715. The summed E-state index contributed by atoms with van der Waals surface area (Å²) in [6.45, 7) is 0. The molecular weight excluding hydrogens is 261 g/mol. The van der Waals surface area contributed by atoms with Crippen molar-refractivity contribution in [2.24, 2.45) is 0 Å². The van der Waals surface area contributed by atoms with Crippen LogP contribution < -0.4 is 0 Å². The van der Waals surface area contributed by atoms with E-state index in [-0.39, 0.29) is 0 Å². The number of rotatable bonds is 1. The van der Waals surface area contributed by atoms with E-state index in [1.54, 1.807) is 12.4 Å². The predicted molar refractivity (Wildman–Crippen MR) is 51.6 cm³/mol. The smallest absolute Gasteiger partial charge is 0.208 e. The van der Waals surface area contributed by atoms with Gasteiger partial charge in [0, 0.05) is 0 Å². The highest BCUT2D eigenvalue weighted by molar-refractivity contribution is 14.1. The van der Waals surface area contributed by atoms with Crippen molar-refractivity contribution < 1.29 is 0 Å². The van der Waals surface area contributed by atoms with E-state index in [1.807, 2.05) is 11.2 Å². The van der Waals surface area contributed by atoms with Crippen LogP contribution >= 0.6 is 34.4 Å². The predicted octanol–water partition coefficient (Wildman–Crippen LogP) is 1.64. The number of hydrogen-bond donors (Lipinski definition) is 0. The molecule has 0 aliphatic heterocycles. The fourth-order valence-electron chi connectivity index (χ4n) is 0.329. The van der Waals surface area contributed by atoms with Crippen LogP contribution in [0.2, 0.25) is 0 Å². The minimum Gasteiger partial charge on any atom is -0.228 e. The Labute approximate surface area is 78.2 Å². The Morgan fingerprint density at radius 1 is 1.40 bits per heavy atom. The van der Waals surface area contributed by atoms with Gasteiger partial charge in [0.1, 0.15) is 0 Å². The average molecular weight is 269 g/mol. The highest BCUT2D eigenvalue weighted by Crippen LogP contribution is 2.01. The molecule has 0 bridgehead atoms. The first-order valence-electron chi connectivity index (χ1n) is 2.49. The summed E-state index contributed by atoms with van der Waals surface area (Å²) in [7, 11) is 0. The molecule has 1 aromatic rings. The van der Waals surface area contributed by atoms with E-state index in [4.69, 9.17) is 0 Å². The van der Waals surface area contributed by atoms with Gasteiger partial charge in [-0.05, 0) is 11.2 Å². The number of alkyl halides is 1. The summed E-state index contributed by atoms with van der Waals surface area (Å²) in [5, 5.41) is 8.04. The van der Waals surface area contributed by atoms with Crippen LogP contribution in [0.5, 0.6) is 0 Å². The molecule has 1 heterocycles. The third-order valence-corrected chi connectivity index (χ3v) is 1.20. The molecule has 10 heavy (non-hydrogen) atoms. The molecule has 0 radical (unpaired) electrons. The maximum Gasteiger partial charge on any atom is 0.208 e. The molecule has 0 saturated carbocycles. The monoisotopic (exact) mass is 269 g/mol. The zero-order valence-corrected chi connectivity index (χ0v) is 8.76. The van der Waals surface area contributed by atoms with Crippen LogP contribution in [0.3, 0.4) is 0 Å². The third-order valence-electron chi connectivity index (χ3n) is 0.644. The van der Waals surface area contributed by atoms with E-state index in [0.29, 0.717) is 5.16 Å². The van der Waals surface area contributed by atoms with Crippen molar-refractivity contribution in [3.63, 3.8) is 0 Å². The molecule has 0 N–H and O–H groups in total. The quantitative estimate of drug-likeness (QED) is 0.441. The van der Waals surface area contributed by atoms with E-state index in [1.165, 1.54) is 11.8 Å². The first-order valence-corrected chi connectivity index (χ1v) is 5.87. The zero-order chi connectivity index (χ0) is 7.82. The topological polar surface area (TPSA) is 38.7 Å². The van der Waals surface area contributed by atoms with Crippen molar-refractivity contribution in [3.05, 3.63) is 12.4 Å². The molecule has 1 rings (SSSR count). The highest BCUT2D eigenvalue weighted by atomic mass is 127. The Morgan fingerprint density at radius 2 is 2.10 bits per heavy atom. The van der Waals surface area contributed by atoms with Crippen molar-refractivity contribution in [2.75, 3.05) is 11.2 Å². The fraction of sp³-hybridized carbons (Fsp3) is 0.400. The van der Waals surface area contributed by atoms with Gasteiger partial charge in [-0.3, -0.25) is 0 Å². The van der Waals surface area contributed by atoms with Gasteiger partial charge in [-0.1, -0.05) is 34.4 Å². The molecular formula is C5H8IN3S. The Morgan fingerprint density at radius 3 is 2.40 bits per heavy atom. The second-order valence-corrected chi connectivity index (χ2v) is 1.90. The average Bonchev–Trinajstić information content (AvgIpc) is 2.10. The van der Waals surface area contributed by atoms with Crippen LogP contribution in [-0.4, -0.2) is 26.4 Å². The van der Waals surface area contributed by atoms with Crippen LogP contribution in [0, 0.1) is 0 Å². The molecule has 1 aromatic heterocycles. The van der Waals surface area contributed by atoms with Crippen molar-refractivity contribution >= 4 is 34.4 Å². The maximum atomic E-state index is 3.89. The SMILES string of the molecule is CI.CSc1nccnn1. The van der Waals surface area contributed by atoms with Crippen LogP contribution in [0.15, 0.2) is 17.6 Å². The summed E-state index contributed by atoms with van der Waals surface area (Å²) in [5.74, 6) is 0. The standard InChI is InChI=1S/C4H5N3S.CH3I/c1-8-4-5-2-3-6-7-4;1-2/h2-3H,1H3;1H3. The molecule has 0 unspecified atom stereocenters. The number of aromatic nitrogens is 3. The summed E-state index contributed by atoms with van der Waals surface area (Å²) >= 11 is 3.63. The van der Waals surface area contributed by atoms with Crippen LogP contribution in [0.25, 0.3) is 0 Å². The number of hydrogen-bond acceptors (Lipinski definition) is 4. The van der Waals surface area contributed by atoms with Crippen LogP contribution in [-0.2, 0) is 0 Å². The van der Waals surface area contributed by atoms with E-state index in [2.05, 4.69) is 37.8 Å². The largest absolute Gasteiger partial charge is 0.228 e. The first kappa shape index (κ1) is 10.1. The van der Waals surface area contributed by atoms with Gasteiger partial charge in [0.25, 0.3) is 0 Å². The molecule has 3 nitrogen and oxygen atoms in total. The lowest BCUT2D eigenvalue weighted by molar-refractivity contribution is 0.840. The van der Waals surface area contributed by atoms with Gasteiger partial charge >= 0.3 is 0 Å². The summed E-state index contributed by atoms with van der Waals surface area (Å²) < 4.78 is 0. The molecule has 0 saturated heterocycles.